The fourth-order valence-corrected chi connectivity index (χ4v) is 7.29. The van der Waals surface area contributed by atoms with Crippen molar-refractivity contribution < 1.29 is 0 Å². The van der Waals surface area contributed by atoms with Crippen molar-refractivity contribution in [2.75, 3.05) is 0 Å². The molecule has 0 saturated carbocycles. The highest BCUT2D eigenvalue weighted by atomic mass is 15.0. The van der Waals surface area contributed by atoms with Crippen molar-refractivity contribution in [3.8, 4) is 90.6 Å². The normalized spacial score (nSPS) is 11.1. The lowest BCUT2D eigenvalue weighted by Gasteiger charge is -2.16. The van der Waals surface area contributed by atoms with Gasteiger partial charge in [0.05, 0.1) is 0 Å². The summed E-state index contributed by atoms with van der Waals surface area (Å²) in [5, 5.41) is 2.34. The minimum absolute atomic E-state index is 0.577. The van der Waals surface area contributed by atoms with Crippen molar-refractivity contribution >= 4 is 10.8 Å². The van der Waals surface area contributed by atoms with E-state index in [1.165, 1.54) is 5.39 Å². The maximum Gasteiger partial charge on any atom is 0.164 e. The van der Waals surface area contributed by atoms with Gasteiger partial charge in [-0.15, -0.1) is 0 Å². The smallest absolute Gasteiger partial charge is 0.164 e. The number of hydrogen-bond donors (Lipinski definition) is 0. The molecule has 0 aliphatic carbocycles. The Morgan fingerprint density at radius 1 is 0.190 bits per heavy atom. The first kappa shape index (κ1) is 34.5. The van der Waals surface area contributed by atoms with Crippen LogP contribution in [0, 0.1) is 0 Å². The van der Waals surface area contributed by atoms with E-state index in [1.54, 1.807) is 0 Å². The molecule has 0 bridgehead atoms. The Labute approximate surface area is 336 Å². The molecule has 2 heterocycles. The van der Waals surface area contributed by atoms with Gasteiger partial charge in [-0.2, -0.15) is 0 Å². The van der Waals surface area contributed by atoms with E-state index in [9.17, 15) is 0 Å². The quantitative estimate of drug-likeness (QED) is 0.154. The molecule has 0 amide bonds. The molecule has 0 unspecified atom stereocenters. The lowest BCUT2D eigenvalue weighted by Crippen LogP contribution is -2.02. The van der Waals surface area contributed by atoms with Gasteiger partial charge < -0.3 is 0 Å². The average Bonchev–Trinajstić information content (AvgIpc) is 3.32. The minimum Gasteiger partial charge on any atom is -0.208 e. The monoisotopic (exact) mass is 742 g/mol. The van der Waals surface area contributed by atoms with E-state index < -0.39 is 0 Å². The van der Waals surface area contributed by atoms with Crippen molar-refractivity contribution in [1.82, 2.24) is 29.9 Å². The van der Waals surface area contributed by atoms with Crippen LogP contribution in [-0.2, 0) is 0 Å². The molecule has 2 aromatic heterocycles. The highest BCUT2D eigenvalue weighted by Gasteiger charge is 2.20. The van der Waals surface area contributed by atoms with Gasteiger partial charge in [-0.05, 0) is 45.2 Å². The first-order chi connectivity index (χ1) is 28.7. The molecule has 10 rings (SSSR count). The van der Waals surface area contributed by atoms with Crippen LogP contribution < -0.4 is 0 Å². The molecule has 6 heteroatoms. The van der Waals surface area contributed by atoms with Gasteiger partial charge >= 0.3 is 0 Å². The molecule has 0 fully saturated rings. The van der Waals surface area contributed by atoms with E-state index in [4.69, 9.17) is 29.9 Å². The number of nitrogens with zero attached hydrogens (tertiary/aromatic N) is 6. The summed E-state index contributed by atoms with van der Waals surface area (Å²) in [4.78, 5) is 30.5. The minimum atomic E-state index is 0.577. The second-order valence-corrected chi connectivity index (χ2v) is 13.9. The fraction of sp³-hybridized carbons (Fsp3) is 0. The van der Waals surface area contributed by atoms with Gasteiger partial charge in [0, 0.05) is 33.4 Å². The van der Waals surface area contributed by atoms with Crippen molar-refractivity contribution in [3.05, 3.63) is 206 Å². The molecule has 272 valence electrons. The largest absolute Gasteiger partial charge is 0.208 e. The molecule has 6 nitrogen and oxygen atoms in total. The fourth-order valence-electron chi connectivity index (χ4n) is 7.29. The van der Waals surface area contributed by atoms with Gasteiger partial charge in [0.1, 0.15) is 0 Å². The molecule has 0 aliphatic heterocycles. The maximum absolute atomic E-state index is 5.20. The molecule has 0 spiro atoms. The van der Waals surface area contributed by atoms with Crippen LogP contribution in [0.25, 0.3) is 101 Å². The van der Waals surface area contributed by atoms with E-state index >= 15 is 0 Å². The van der Waals surface area contributed by atoms with Gasteiger partial charge in [-0.3, -0.25) is 0 Å². The Hall–Kier alpha value is -7.96. The molecule has 0 atom stereocenters. The number of benzene rings is 8. The Bertz CT molecular complexity index is 2930. The van der Waals surface area contributed by atoms with Gasteiger partial charge in [0.15, 0.2) is 34.9 Å². The van der Waals surface area contributed by atoms with E-state index in [2.05, 4.69) is 78.9 Å². The number of hydrogen-bond acceptors (Lipinski definition) is 6. The standard InChI is InChI=1S/C52H34N6/c1-5-18-36(19-6-1)47-53-48(37-20-7-2-8-21-37)56-51(55-47)45-28-16-15-27-43(45)42-31-32-44(41-30-29-35-17-13-14-26-40(35)33-41)46(34-42)52-57-49(38-22-9-3-10-23-38)54-50(58-52)39-24-11-4-12-25-39/h1-34H. The molecule has 10 aromatic rings. The van der Waals surface area contributed by atoms with Crippen LogP contribution in [0.5, 0.6) is 0 Å². The van der Waals surface area contributed by atoms with Crippen LogP contribution in [0.2, 0.25) is 0 Å². The summed E-state index contributed by atoms with van der Waals surface area (Å²) in [5.74, 6) is 3.59. The van der Waals surface area contributed by atoms with Gasteiger partial charge in [0.2, 0.25) is 0 Å². The summed E-state index contributed by atoms with van der Waals surface area (Å²) in [6, 6.07) is 70.1. The Kier molecular flexibility index (Phi) is 9.10. The highest BCUT2D eigenvalue weighted by Crippen LogP contribution is 2.39. The first-order valence-electron chi connectivity index (χ1n) is 19.2. The average molecular weight is 743 g/mol. The Morgan fingerprint density at radius 2 is 0.534 bits per heavy atom. The van der Waals surface area contributed by atoms with Gasteiger partial charge in [-0.1, -0.05) is 194 Å². The Morgan fingerprint density at radius 3 is 1.03 bits per heavy atom. The predicted molar refractivity (Wildman–Crippen MR) is 234 cm³/mol. The van der Waals surface area contributed by atoms with Crippen molar-refractivity contribution in [1.29, 1.82) is 0 Å². The molecular weight excluding hydrogens is 709 g/mol. The lowest BCUT2D eigenvalue weighted by atomic mass is 9.91. The van der Waals surface area contributed by atoms with Gasteiger partial charge in [0.25, 0.3) is 0 Å². The molecule has 58 heavy (non-hydrogen) atoms. The Balaban J connectivity index is 1.20. The van der Waals surface area contributed by atoms with Gasteiger partial charge in [-0.25, -0.2) is 29.9 Å². The van der Waals surface area contributed by atoms with E-state index in [0.29, 0.717) is 34.9 Å². The number of rotatable bonds is 8. The van der Waals surface area contributed by atoms with Crippen LogP contribution in [0.15, 0.2) is 206 Å². The van der Waals surface area contributed by atoms with E-state index in [-0.39, 0.29) is 0 Å². The predicted octanol–water partition coefficient (Wildman–Crippen LogP) is 12.5. The maximum atomic E-state index is 5.20. The summed E-state index contributed by atoms with van der Waals surface area (Å²) in [6.45, 7) is 0. The summed E-state index contributed by atoms with van der Waals surface area (Å²) < 4.78 is 0. The highest BCUT2D eigenvalue weighted by molar-refractivity contribution is 5.93. The zero-order chi connectivity index (χ0) is 38.7. The summed E-state index contributed by atoms with van der Waals surface area (Å²) in [5.41, 5.74) is 9.44. The molecule has 0 radical (unpaired) electrons. The SMILES string of the molecule is c1ccc(-c2nc(-c3ccccc3)nc(-c3ccccc3-c3ccc(-c4ccc5ccccc5c4)c(-c4nc(-c5ccccc5)nc(-c5ccccc5)n4)c3)n2)cc1. The van der Waals surface area contributed by atoms with Crippen LogP contribution in [0.1, 0.15) is 0 Å². The van der Waals surface area contributed by atoms with Crippen molar-refractivity contribution in [2.45, 2.75) is 0 Å². The molecule has 0 saturated heterocycles. The molecule has 0 aliphatic rings. The molecule has 8 aromatic carbocycles. The van der Waals surface area contributed by atoms with Crippen LogP contribution in [0.3, 0.4) is 0 Å². The van der Waals surface area contributed by atoms with Crippen LogP contribution >= 0.6 is 0 Å². The van der Waals surface area contributed by atoms with Crippen LogP contribution in [-0.4, -0.2) is 29.9 Å². The van der Waals surface area contributed by atoms with Crippen LogP contribution in [0.4, 0.5) is 0 Å². The topological polar surface area (TPSA) is 77.3 Å². The second-order valence-electron chi connectivity index (χ2n) is 13.9. The first-order valence-corrected chi connectivity index (χ1v) is 19.2. The number of aromatic nitrogens is 6. The third kappa shape index (κ3) is 6.91. The third-order valence-electron chi connectivity index (χ3n) is 10.2. The third-order valence-corrected chi connectivity index (χ3v) is 10.2. The van der Waals surface area contributed by atoms with Crippen molar-refractivity contribution in [3.63, 3.8) is 0 Å². The summed E-state index contributed by atoms with van der Waals surface area (Å²) in [6.07, 6.45) is 0. The lowest BCUT2D eigenvalue weighted by molar-refractivity contribution is 1.07. The number of fused-ring (bicyclic) bond motifs is 1. The summed E-state index contributed by atoms with van der Waals surface area (Å²) in [7, 11) is 0. The second kappa shape index (κ2) is 15.3. The molecule has 0 N–H and O–H groups in total. The molecular formula is C52H34N6. The van der Waals surface area contributed by atoms with E-state index in [0.717, 1.165) is 61.0 Å². The van der Waals surface area contributed by atoms with Crippen molar-refractivity contribution in [2.24, 2.45) is 0 Å². The van der Waals surface area contributed by atoms with E-state index in [1.807, 2.05) is 127 Å². The zero-order valence-corrected chi connectivity index (χ0v) is 31.3. The summed E-state index contributed by atoms with van der Waals surface area (Å²) >= 11 is 0. The zero-order valence-electron chi connectivity index (χ0n) is 31.3.